The number of piperidine rings is 1. The molecule has 2 rings (SSSR count). The second-order valence-electron chi connectivity index (χ2n) is 5.03. The normalized spacial score (nSPS) is 18.7. The highest BCUT2D eigenvalue weighted by atomic mass is 16.5. The lowest BCUT2D eigenvalue weighted by Gasteiger charge is -2.35. The molecule has 4 nitrogen and oxygen atoms in total. The van der Waals surface area contributed by atoms with Gasteiger partial charge in [0.1, 0.15) is 5.75 Å². The van der Waals surface area contributed by atoms with Gasteiger partial charge in [0, 0.05) is 36.6 Å². The molecular formula is C14H22N2O2. The highest BCUT2D eigenvalue weighted by Crippen LogP contribution is 2.29. The third-order valence-electron chi connectivity index (χ3n) is 3.74. The van der Waals surface area contributed by atoms with Crippen molar-refractivity contribution in [1.29, 1.82) is 0 Å². The summed E-state index contributed by atoms with van der Waals surface area (Å²) < 4.78 is 5.24. The van der Waals surface area contributed by atoms with Gasteiger partial charge in [-0.05, 0) is 31.7 Å². The molecule has 18 heavy (non-hydrogen) atoms. The topological polar surface area (TPSA) is 58.7 Å². The van der Waals surface area contributed by atoms with Crippen molar-refractivity contribution >= 4 is 11.4 Å². The Kier molecular flexibility index (Phi) is 3.97. The van der Waals surface area contributed by atoms with Gasteiger partial charge in [0.25, 0.3) is 0 Å². The molecule has 1 aromatic carbocycles. The zero-order valence-electron chi connectivity index (χ0n) is 11.1. The molecule has 0 bridgehead atoms. The van der Waals surface area contributed by atoms with E-state index >= 15 is 0 Å². The number of aliphatic hydroxyl groups is 1. The van der Waals surface area contributed by atoms with E-state index in [1.807, 2.05) is 25.1 Å². The largest absolute Gasteiger partial charge is 0.497 e. The smallest absolute Gasteiger partial charge is 0.122 e. The third kappa shape index (κ3) is 2.88. The maximum atomic E-state index is 9.60. The van der Waals surface area contributed by atoms with E-state index in [0.29, 0.717) is 5.92 Å². The van der Waals surface area contributed by atoms with Crippen LogP contribution in [0.1, 0.15) is 19.8 Å². The van der Waals surface area contributed by atoms with Gasteiger partial charge in [-0.25, -0.2) is 0 Å². The Morgan fingerprint density at radius 1 is 1.33 bits per heavy atom. The standard InChI is InChI=1S/C14H22N2O2/c1-10(17)11-3-5-16(6-4-11)13-7-12(15)8-14(9-13)18-2/h7-11,17H,3-6,15H2,1-2H3. The molecule has 0 aliphatic carbocycles. The predicted octanol–water partition coefficient (Wildman–Crippen LogP) is 1.87. The monoisotopic (exact) mass is 250 g/mol. The van der Waals surface area contributed by atoms with E-state index in [2.05, 4.69) is 4.90 Å². The first kappa shape index (κ1) is 13.0. The van der Waals surface area contributed by atoms with Crippen LogP contribution in [0.3, 0.4) is 0 Å². The fourth-order valence-corrected chi connectivity index (χ4v) is 2.55. The number of anilines is 2. The summed E-state index contributed by atoms with van der Waals surface area (Å²) >= 11 is 0. The Balaban J connectivity index is 2.07. The number of aliphatic hydroxyl groups excluding tert-OH is 1. The van der Waals surface area contributed by atoms with E-state index in [4.69, 9.17) is 10.5 Å². The number of nitrogen functional groups attached to an aromatic ring is 1. The third-order valence-corrected chi connectivity index (χ3v) is 3.74. The minimum Gasteiger partial charge on any atom is -0.497 e. The van der Waals surface area contributed by atoms with Gasteiger partial charge in [-0.3, -0.25) is 0 Å². The summed E-state index contributed by atoms with van der Waals surface area (Å²) in [5.74, 6) is 1.21. The van der Waals surface area contributed by atoms with Crippen molar-refractivity contribution in [2.75, 3.05) is 30.8 Å². The van der Waals surface area contributed by atoms with Crippen LogP contribution in [-0.2, 0) is 0 Å². The predicted molar refractivity (Wildman–Crippen MR) is 74.0 cm³/mol. The highest BCUT2D eigenvalue weighted by Gasteiger charge is 2.23. The lowest BCUT2D eigenvalue weighted by molar-refractivity contribution is 0.110. The fraction of sp³-hybridized carbons (Fsp3) is 0.571. The van der Waals surface area contributed by atoms with E-state index in [9.17, 15) is 5.11 Å². The summed E-state index contributed by atoms with van der Waals surface area (Å²) in [4.78, 5) is 2.30. The molecule has 1 aromatic rings. The number of hydrogen-bond donors (Lipinski definition) is 2. The molecule has 1 fully saturated rings. The van der Waals surface area contributed by atoms with Crippen LogP contribution in [0.4, 0.5) is 11.4 Å². The van der Waals surface area contributed by atoms with E-state index in [0.717, 1.165) is 43.1 Å². The van der Waals surface area contributed by atoms with E-state index < -0.39 is 0 Å². The van der Waals surface area contributed by atoms with E-state index in [1.54, 1.807) is 7.11 Å². The van der Waals surface area contributed by atoms with Gasteiger partial charge in [-0.2, -0.15) is 0 Å². The van der Waals surface area contributed by atoms with Crippen molar-refractivity contribution in [3.05, 3.63) is 18.2 Å². The molecule has 4 heteroatoms. The molecule has 1 aliphatic heterocycles. The lowest BCUT2D eigenvalue weighted by atomic mass is 9.92. The van der Waals surface area contributed by atoms with Crippen molar-refractivity contribution in [1.82, 2.24) is 0 Å². The Hall–Kier alpha value is -1.42. The summed E-state index contributed by atoms with van der Waals surface area (Å²) in [6, 6.07) is 5.82. The number of benzene rings is 1. The second-order valence-corrected chi connectivity index (χ2v) is 5.03. The van der Waals surface area contributed by atoms with Crippen LogP contribution in [0.2, 0.25) is 0 Å². The molecule has 1 unspecified atom stereocenters. The quantitative estimate of drug-likeness (QED) is 0.804. The van der Waals surface area contributed by atoms with Gasteiger partial charge in [-0.15, -0.1) is 0 Å². The first-order chi connectivity index (χ1) is 8.60. The van der Waals surface area contributed by atoms with Crippen molar-refractivity contribution in [2.24, 2.45) is 5.92 Å². The van der Waals surface area contributed by atoms with Gasteiger partial charge < -0.3 is 20.5 Å². The van der Waals surface area contributed by atoms with Crippen molar-refractivity contribution in [3.63, 3.8) is 0 Å². The molecule has 100 valence electrons. The zero-order valence-corrected chi connectivity index (χ0v) is 11.1. The fourth-order valence-electron chi connectivity index (χ4n) is 2.55. The van der Waals surface area contributed by atoms with Crippen LogP contribution in [0.15, 0.2) is 18.2 Å². The van der Waals surface area contributed by atoms with Crippen LogP contribution in [0, 0.1) is 5.92 Å². The Labute approximate surface area is 108 Å². The molecule has 0 spiro atoms. The zero-order chi connectivity index (χ0) is 13.1. The molecule has 0 amide bonds. The van der Waals surface area contributed by atoms with Gasteiger partial charge in [0.15, 0.2) is 0 Å². The number of rotatable bonds is 3. The van der Waals surface area contributed by atoms with Crippen molar-refractivity contribution in [3.8, 4) is 5.75 Å². The first-order valence-electron chi connectivity index (χ1n) is 6.47. The lowest BCUT2D eigenvalue weighted by Crippen LogP contribution is -2.37. The average molecular weight is 250 g/mol. The summed E-state index contributed by atoms with van der Waals surface area (Å²) in [6.07, 6.45) is 1.84. The van der Waals surface area contributed by atoms with Crippen LogP contribution in [-0.4, -0.2) is 31.4 Å². The maximum Gasteiger partial charge on any atom is 0.122 e. The average Bonchev–Trinajstić information content (AvgIpc) is 2.38. The SMILES string of the molecule is COc1cc(N)cc(N2CCC(C(C)O)CC2)c1. The molecule has 3 N–H and O–H groups in total. The molecule has 0 saturated carbocycles. The number of methoxy groups -OCH3 is 1. The molecule has 0 radical (unpaired) electrons. The van der Waals surface area contributed by atoms with Crippen molar-refractivity contribution < 1.29 is 9.84 Å². The Morgan fingerprint density at radius 3 is 2.56 bits per heavy atom. The molecule has 1 atom stereocenters. The number of nitrogens with zero attached hydrogens (tertiary/aromatic N) is 1. The number of nitrogens with two attached hydrogens (primary N) is 1. The van der Waals surface area contributed by atoms with E-state index in [-0.39, 0.29) is 6.10 Å². The number of ether oxygens (including phenoxy) is 1. The van der Waals surface area contributed by atoms with Crippen molar-refractivity contribution in [2.45, 2.75) is 25.9 Å². The molecule has 0 aromatic heterocycles. The van der Waals surface area contributed by atoms with Crippen LogP contribution in [0.5, 0.6) is 5.75 Å². The van der Waals surface area contributed by atoms with Gasteiger partial charge in [0.2, 0.25) is 0 Å². The van der Waals surface area contributed by atoms with Gasteiger partial charge in [-0.1, -0.05) is 0 Å². The Morgan fingerprint density at radius 2 is 2.00 bits per heavy atom. The Bertz CT molecular complexity index is 399. The highest BCUT2D eigenvalue weighted by molar-refractivity contribution is 5.60. The second kappa shape index (κ2) is 5.48. The molecule has 1 aliphatic rings. The first-order valence-corrected chi connectivity index (χ1v) is 6.47. The van der Waals surface area contributed by atoms with E-state index in [1.165, 1.54) is 0 Å². The summed E-state index contributed by atoms with van der Waals surface area (Å²) in [6.45, 7) is 3.80. The van der Waals surface area contributed by atoms with Crippen LogP contribution >= 0.6 is 0 Å². The number of hydrogen-bond acceptors (Lipinski definition) is 4. The minimum atomic E-state index is -0.206. The molecular weight excluding hydrogens is 228 g/mol. The molecule has 1 heterocycles. The minimum absolute atomic E-state index is 0.206. The summed E-state index contributed by atoms with van der Waals surface area (Å²) in [5.41, 5.74) is 7.70. The van der Waals surface area contributed by atoms with Crippen LogP contribution < -0.4 is 15.4 Å². The van der Waals surface area contributed by atoms with Crippen LogP contribution in [0.25, 0.3) is 0 Å². The van der Waals surface area contributed by atoms with Gasteiger partial charge >= 0.3 is 0 Å². The van der Waals surface area contributed by atoms with Gasteiger partial charge in [0.05, 0.1) is 13.2 Å². The maximum absolute atomic E-state index is 9.60. The summed E-state index contributed by atoms with van der Waals surface area (Å²) in [7, 11) is 1.65. The molecule has 1 saturated heterocycles. The summed E-state index contributed by atoms with van der Waals surface area (Å²) in [5, 5.41) is 9.60.